The van der Waals surface area contributed by atoms with Crippen molar-refractivity contribution in [1.29, 1.82) is 0 Å². The second-order valence-electron chi connectivity index (χ2n) is 5.42. The van der Waals surface area contributed by atoms with Crippen molar-refractivity contribution in [3.8, 4) is 5.75 Å². The summed E-state index contributed by atoms with van der Waals surface area (Å²) >= 11 is 0. The first kappa shape index (κ1) is 17.3. The van der Waals surface area contributed by atoms with Crippen LogP contribution in [0.1, 0.15) is 6.92 Å². The van der Waals surface area contributed by atoms with Crippen molar-refractivity contribution in [2.45, 2.75) is 6.92 Å². The molecule has 7 heteroatoms. The number of para-hydroxylation sites is 1. The van der Waals surface area contributed by atoms with Crippen molar-refractivity contribution < 1.29 is 13.9 Å². The Morgan fingerprint density at radius 2 is 1.77 bits per heavy atom. The Balaban J connectivity index is 1.83. The molecule has 1 aromatic heterocycles. The highest BCUT2D eigenvalue weighted by Crippen LogP contribution is 2.28. The normalized spacial score (nSPS) is 10.4. The molecule has 0 aliphatic carbocycles. The predicted molar refractivity (Wildman–Crippen MR) is 102 cm³/mol. The standard InChI is InChI=1S/C19H19N3O4/c1-3-25-13-10-8-12(9-11-13)21-19(24)22-17-16(20-2)14-6-4-5-7-15(14)26-18(17)23/h4-11,20H,3H2,1-2H3,(H2,21,22,24). The Morgan fingerprint density at radius 1 is 1.04 bits per heavy atom. The van der Waals surface area contributed by atoms with Crippen LogP contribution >= 0.6 is 0 Å². The third-order valence-corrected chi connectivity index (χ3v) is 3.72. The average molecular weight is 353 g/mol. The van der Waals surface area contributed by atoms with Crippen molar-refractivity contribution in [3.05, 3.63) is 59.0 Å². The van der Waals surface area contributed by atoms with E-state index in [1.165, 1.54) is 0 Å². The molecule has 26 heavy (non-hydrogen) atoms. The van der Waals surface area contributed by atoms with Crippen LogP contribution in [0.3, 0.4) is 0 Å². The number of carbonyl (C=O) groups is 1. The quantitative estimate of drug-likeness (QED) is 0.605. The molecule has 0 saturated heterocycles. The molecule has 0 radical (unpaired) electrons. The van der Waals surface area contributed by atoms with E-state index in [1.807, 2.05) is 13.0 Å². The van der Waals surface area contributed by atoms with Crippen LogP contribution in [0, 0.1) is 0 Å². The SMILES string of the molecule is CCOc1ccc(NC(=O)Nc2c(NC)c3ccccc3oc2=O)cc1. The Labute approximate surface area is 150 Å². The zero-order chi connectivity index (χ0) is 18.5. The third-order valence-electron chi connectivity index (χ3n) is 3.72. The van der Waals surface area contributed by atoms with Crippen molar-refractivity contribution in [2.24, 2.45) is 0 Å². The van der Waals surface area contributed by atoms with Crippen LogP contribution < -0.4 is 26.3 Å². The van der Waals surface area contributed by atoms with E-state index in [0.717, 1.165) is 0 Å². The Morgan fingerprint density at radius 3 is 2.46 bits per heavy atom. The molecule has 0 aliphatic rings. The maximum Gasteiger partial charge on any atom is 0.362 e. The van der Waals surface area contributed by atoms with Gasteiger partial charge in [0.05, 0.1) is 12.3 Å². The van der Waals surface area contributed by atoms with Crippen LogP contribution in [0.4, 0.5) is 21.9 Å². The van der Waals surface area contributed by atoms with E-state index in [-0.39, 0.29) is 5.69 Å². The molecular weight excluding hydrogens is 334 g/mol. The number of urea groups is 1. The lowest BCUT2D eigenvalue weighted by Crippen LogP contribution is -2.24. The lowest BCUT2D eigenvalue weighted by molar-refractivity contribution is 0.262. The van der Waals surface area contributed by atoms with Crippen LogP contribution in [0.5, 0.6) is 5.75 Å². The molecule has 0 unspecified atom stereocenters. The minimum absolute atomic E-state index is 0.0506. The fourth-order valence-electron chi connectivity index (χ4n) is 2.60. The highest BCUT2D eigenvalue weighted by atomic mass is 16.5. The summed E-state index contributed by atoms with van der Waals surface area (Å²) in [4.78, 5) is 24.5. The molecule has 0 fully saturated rings. The van der Waals surface area contributed by atoms with E-state index in [2.05, 4.69) is 16.0 Å². The largest absolute Gasteiger partial charge is 0.494 e. The summed E-state index contributed by atoms with van der Waals surface area (Å²) in [7, 11) is 1.68. The molecule has 0 bridgehead atoms. The van der Waals surface area contributed by atoms with Gasteiger partial charge in [-0.3, -0.25) is 5.32 Å². The van der Waals surface area contributed by atoms with E-state index >= 15 is 0 Å². The van der Waals surface area contributed by atoms with Gasteiger partial charge in [-0.15, -0.1) is 0 Å². The zero-order valence-corrected chi connectivity index (χ0v) is 14.5. The van der Waals surface area contributed by atoms with E-state index in [9.17, 15) is 9.59 Å². The van der Waals surface area contributed by atoms with Crippen molar-refractivity contribution in [2.75, 3.05) is 29.6 Å². The molecule has 0 saturated carbocycles. The summed E-state index contributed by atoms with van der Waals surface area (Å²) in [6.07, 6.45) is 0. The number of nitrogens with one attached hydrogen (secondary N) is 3. The fourth-order valence-corrected chi connectivity index (χ4v) is 2.60. The summed E-state index contributed by atoms with van der Waals surface area (Å²) in [5.74, 6) is 0.714. The maximum absolute atomic E-state index is 12.3. The highest BCUT2D eigenvalue weighted by molar-refractivity contribution is 6.05. The van der Waals surface area contributed by atoms with Gasteiger partial charge >= 0.3 is 11.7 Å². The number of carbonyl (C=O) groups excluding carboxylic acids is 1. The molecule has 3 aromatic rings. The van der Waals surface area contributed by atoms with E-state index < -0.39 is 11.7 Å². The predicted octanol–water partition coefficient (Wildman–Crippen LogP) is 3.88. The summed E-state index contributed by atoms with van der Waals surface area (Å²) in [5.41, 5.74) is 0.935. The van der Waals surface area contributed by atoms with Gasteiger partial charge in [-0.05, 0) is 43.3 Å². The van der Waals surface area contributed by atoms with Crippen LogP contribution in [-0.4, -0.2) is 19.7 Å². The summed E-state index contributed by atoms with van der Waals surface area (Å²) in [6.45, 7) is 2.46. The molecule has 134 valence electrons. The van der Waals surface area contributed by atoms with Gasteiger partial charge in [0, 0.05) is 18.1 Å². The fraction of sp³-hybridized carbons (Fsp3) is 0.158. The molecule has 1 heterocycles. The van der Waals surface area contributed by atoms with Gasteiger partial charge < -0.3 is 19.8 Å². The summed E-state index contributed by atoms with van der Waals surface area (Å²) in [6, 6.07) is 13.5. The second kappa shape index (κ2) is 7.60. The van der Waals surface area contributed by atoms with Crippen molar-refractivity contribution in [1.82, 2.24) is 0 Å². The summed E-state index contributed by atoms with van der Waals surface area (Å²) in [5, 5.41) is 8.88. The average Bonchev–Trinajstić information content (AvgIpc) is 2.64. The number of ether oxygens (including phenoxy) is 1. The van der Waals surface area contributed by atoms with E-state index in [1.54, 1.807) is 49.5 Å². The molecule has 0 spiro atoms. The molecule has 0 atom stereocenters. The molecule has 2 aromatic carbocycles. The smallest absolute Gasteiger partial charge is 0.362 e. The Hall–Kier alpha value is -3.48. The number of benzene rings is 2. The number of rotatable bonds is 5. The monoisotopic (exact) mass is 353 g/mol. The molecule has 7 nitrogen and oxygen atoms in total. The first-order valence-corrected chi connectivity index (χ1v) is 8.17. The zero-order valence-electron chi connectivity index (χ0n) is 14.5. The third kappa shape index (κ3) is 3.61. The number of hydrogen-bond acceptors (Lipinski definition) is 5. The van der Waals surface area contributed by atoms with Gasteiger partial charge in [-0.25, -0.2) is 9.59 Å². The summed E-state index contributed by atoms with van der Waals surface area (Å²) < 4.78 is 10.6. The van der Waals surface area contributed by atoms with Crippen LogP contribution in [-0.2, 0) is 0 Å². The van der Waals surface area contributed by atoms with Gasteiger partial charge in [0.25, 0.3) is 0 Å². The van der Waals surface area contributed by atoms with Crippen LogP contribution in [0.15, 0.2) is 57.7 Å². The highest BCUT2D eigenvalue weighted by Gasteiger charge is 2.16. The minimum atomic E-state index is -0.630. The topological polar surface area (TPSA) is 92.6 Å². The number of fused-ring (bicyclic) bond motifs is 1. The van der Waals surface area contributed by atoms with Crippen LogP contribution in [0.2, 0.25) is 0 Å². The van der Waals surface area contributed by atoms with E-state index in [0.29, 0.717) is 34.7 Å². The maximum atomic E-state index is 12.3. The molecule has 2 amide bonds. The molecule has 0 aliphatic heterocycles. The number of anilines is 3. The first-order valence-electron chi connectivity index (χ1n) is 8.17. The number of hydrogen-bond donors (Lipinski definition) is 3. The van der Waals surface area contributed by atoms with Crippen molar-refractivity contribution >= 4 is 34.1 Å². The van der Waals surface area contributed by atoms with Gasteiger partial charge in [-0.1, -0.05) is 12.1 Å². The molecule has 3 rings (SSSR count). The second-order valence-corrected chi connectivity index (χ2v) is 5.42. The van der Waals surface area contributed by atoms with Gasteiger partial charge in [-0.2, -0.15) is 0 Å². The minimum Gasteiger partial charge on any atom is -0.494 e. The van der Waals surface area contributed by atoms with Crippen LogP contribution in [0.25, 0.3) is 11.0 Å². The Kier molecular flexibility index (Phi) is 5.07. The lowest BCUT2D eigenvalue weighted by Gasteiger charge is -2.12. The molecule has 3 N–H and O–H groups in total. The lowest BCUT2D eigenvalue weighted by atomic mass is 10.2. The van der Waals surface area contributed by atoms with E-state index in [4.69, 9.17) is 9.15 Å². The first-order chi connectivity index (χ1) is 12.6. The number of amides is 2. The molecular formula is C19H19N3O4. The van der Waals surface area contributed by atoms with Crippen molar-refractivity contribution in [3.63, 3.8) is 0 Å². The van der Waals surface area contributed by atoms with Gasteiger partial charge in [0.2, 0.25) is 0 Å². The Bertz CT molecular complexity index is 980. The van der Waals surface area contributed by atoms with Gasteiger partial charge in [0.1, 0.15) is 11.3 Å². The van der Waals surface area contributed by atoms with Gasteiger partial charge in [0.15, 0.2) is 5.69 Å².